The molecule has 12 heterocycles. The number of pyridine rings is 6. The largest absolute Gasteiger partial charge is 0.465 e. The topological polar surface area (TPSA) is 423 Å². The third kappa shape index (κ3) is 34.3. The van der Waals surface area contributed by atoms with E-state index in [2.05, 4.69) is 169 Å². The van der Waals surface area contributed by atoms with Gasteiger partial charge in [0, 0.05) is 239 Å². The number of aryl methyl sites for hydroxylation is 1. The number of piperidine rings is 6. The summed E-state index contributed by atoms with van der Waals surface area (Å²) in [5.74, 6) is 3.03. The minimum atomic E-state index is -0.470. The number of halogens is 5. The number of ether oxygens (including phenoxy) is 4. The summed E-state index contributed by atoms with van der Waals surface area (Å²) in [6, 6.07) is 15.4. The highest BCUT2D eigenvalue weighted by atomic mass is 127. The van der Waals surface area contributed by atoms with Crippen LogP contribution in [0.1, 0.15) is 296 Å². The third-order valence-corrected chi connectivity index (χ3v) is 33.5. The first-order chi connectivity index (χ1) is 70.7. The number of hydrogen-bond donors (Lipinski definition) is 13. The van der Waals surface area contributed by atoms with Gasteiger partial charge in [0.05, 0.1) is 63.5 Å². The van der Waals surface area contributed by atoms with E-state index in [9.17, 15) is 44.7 Å². The number of aromatic nitrogens is 6. The van der Waals surface area contributed by atoms with Crippen LogP contribution in [-0.4, -0.2) is 308 Å². The molecule has 0 amide bonds. The fourth-order valence-corrected chi connectivity index (χ4v) is 25.0. The average molecular weight is 2440 g/mol. The number of methoxy groups -OCH3 is 4. The summed E-state index contributed by atoms with van der Waals surface area (Å²) in [6.07, 6.45) is 54.7. The molecule has 38 heteroatoms. The lowest BCUT2D eigenvalue weighted by Gasteiger charge is -2.41. The number of hydrogen-bond acceptors (Lipinski definition) is 33. The van der Waals surface area contributed by atoms with E-state index in [-0.39, 0.29) is 54.0 Å². The van der Waals surface area contributed by atoms with E-state index in [1.807, 2.05) is 45.9 Å². The van der Waals surface area contributed by atoms with E-state index < -0.39 is 36.5 Å². The molecular weight excluding hydrogens is 2280 g/mol. The number of rotatable bonds is 25. The van der Waals surface area contributed by atoms with E-state index in [1.165, 1.54) is 226 Å². The van der Waals surface area contributed by atoms with Crippen molar-refractivity contribution in [2.75, 3.05) is 136 Å². The van der Waals surface area contributed by atoms with E-state index in [0.29, 0.717) is 121 Å². The minimum absolute atomic E-state index is 0.00394. The van der Waals surface area contributed by atoms with Crippen LogP contribution in [0.5, 0.6) is 0 Å². The molecule has 6 aromatic rings. The zero-order chi connectivity index (χ0) is 104. The van der Waals surface area contributed by atoms with Gasteiger partial charge in [0.15, 0.2) is 5.78 Å². The highest BCUT2D eigenvalue weighted by Gasteiger charge is 2.40. The molecule has 0 bridgehead atoms. The normalized spacial score (nSPS) is 25.4. The van der Waals surface area contributed by atoms with Gasteiger partial charge in [0.1, 0.15) is 51.6 Å². The predicted octanol–water partition coefficient (Wildman–Crippen LogP) is 15.7. The first-order valence-electron chi connectivity index (χ1n) is 53.7. The summed E-state index contributed by atoms with van der Waals surface area (Å²) in [7, 11) is 5.93. The highest BCUT2D eigenvalue weighted by Crippen LogP contribution is 2.36. The Bertz CT molecular complexity index is 4910. The molecule has 33 nitrogen and oxygen atoms in total. The molecule has 6 aromatic heterocycles. The average Bonchev–Trinajstić information content (AvgIpc) is 0.799. The van der Waals surface area contributed by atoms with Gasteiger partial charge in [-0.05, 0) is 264 Å². The molecule has 13 N–H and O–H groups in total. The van der Waals surface area contributed by atoms with Gasteiger partial charge in [0.25, 0.3) is 0 Å². The molecule has 6 aliphatic carbocycles. The smallest absolute Gasteiger partial charge is 0.341 e. The number of Topliss-reactive ketones (excluding diaryl/α,β-unsaturated/α-hetero) is 1. The van der Waals surface area contributed by atoms with Crippen LogP contribution in [0, 0.1) is 24.9 Å². The summed E-state index contributed by atoms with van der Waals surface area (Å²) in [5, 5.41) is 90.2. The second-order valence-corrected chi connectivity index (χ2v) is 46.8. The number of ketones is 1. The first kappa shape index (κ1) is 117. The van der Waals surface area contributed by atoms with Crippen molar-refractivity contribution in [2.24, 2.45) is 0 Å². The van der Waals surface area contributed by atoms with Crippen LogP contribution in [0.2, 0.25) is 0 Å². The standard InChI is InChI=1S/C19H28IN3O3.C19H29N3O3.C18H26BrN3O2.C18H26IN3O3.2C17H25BrN4O/c1-25-17-12-23(9-8-16(17)22-14-6-4-3-5-7-14)18-15(19(24)26-2)10-13(20)11-21-18;1-13-10-15(19(24)25-2)18(20-11-13)22-9-8-16(17(23)12-22)21-14-6-4-3-5-7-14;1-12(23)15-9-13(19)10-20-18(15)22-8-7-16(17(24)11-22)21-14-5-3-2-4-6-14;1-25-18(24)14-9-12(19)10-20-17(14)22-8-7-15(16(23)11-22)21-13-5-3-2-4-6-13;2*18-13-8-12(9-19)17(20-10-13)22-7-6-15(16(23)11-22)21-14-4-2-1-3-5-14/h10-11,14,16-17,22H,3-9,12H2,1-2H3;10-11,14,16-17,21,23H,3-9,12H2,1-2H3;9-10,14,16-17,21,24H,2-8,11H2,1H3;9-10,13,15-16,21,23H,2-8,11H2,1H3;2*8-10,14-16,19,21,23H,1-7,11H2/t;2*16-,17-;;;/m.11.../s1. The van der Waals surface area contributed by atoms with Gasteiger partial charge < -0.3 is 117 Å². The number of aliphatic hydroxyl groups is 5. The number of nitrogens with zero attached hydrogens (tertiary/aromatic N) is 12. The molecule has 0 spiro atoms. The molecule has 18 rings (SSSR count). The number of anilines is 6. The maximum atomic E-state index is 12.2. The maximum Gasteiger partial charge on any atom is 0.341 e. The van der Waals surface area contributed by atoms with Crippen molar-refractivity contribution in [3.05, 3.63) is 133 Å². The number of esters is 3. The van der Waals surface area contributed by atoms with Crippen LogP contribution in [0.15, 0.2) is 87.0 Å². The molecule has 6 saturated heterocycles. The Balaban J connectivity index is 0.000000147. The summed E-state index contributed by atoms with van der Waals surface area (Å²) in [6.45, 7) is 11.7. The number of β-amino-alcohol motifs (C(OH)–C–C–N with tert-alkyl or cyclic N) is 5. The molecule has 8 unspecified atom stereocenters. The zero-order valence-electron chi connectivity index (χ0n) is 86.2. The molecule has 6 saturated carbocycles. The monoisotopic (exact) mass is 2430 g/mol. The Morgan fingerprint density at radius 2 is 0.568 bits per heavy atom. The lowest BCUT2D eigenvalue weighted by Crippen LogP contribution is -2.56. The molecule has 12 fully saturated rings. The number of nitrogens with one attached hydrogen (secondary N) is 8. The van der Waals surface area contributed by atoms with Gasteiger partial charge in [-0.1, -0.05) is 116 Å². The first-order valence-corrected chi connectivity index (χ1v) is 58.2. The molecule has 0 aromatic carbocycles. The molecule has 12 atom stereocenters. The van der Waals surface area contributed by atoms with Crippen LogP contribution >= 0.6 is 93.0 Å². The number of aliphatic hydroxyl groups excluding tert-OH is 5. The zero-order valence-corrected chi connectivity index (χ0v) is 95.2. The van der Waals surface area contributed by atoms with Crippen LogP contribution in [0.3, 0.4) is 0 Å². The van der Waals surface area contributed by atoms with Crippen molar-refractivity contribution in [3.63, 3.8) is 0 Å². The maximum absolute atomic E-state index is 12.2. The lowest BCUT2D eigenvalue weighted by molar-refractivity contribution is 0.0527. The Morgan fingerprint density at radius 1 is 0.329 bits per heavy atom. The van der Waals surface area contributed by atoms with Crippen molar-refractivity contribution in [1.29, 1.82) is 10.8 Å². The van der Waals surface area contributed by atoms with Gasteiger partial charge in [-0.15, -0.1) is 0 Å². The summed E-state index contributed by atoms with van der Waals surface area (Å²) >= 11 is 14.5. The van der Waals surface area contributed by atoms with Crippen LogP contribution in [-0.2, 0) is 18.9 Å². The van der Waals surface area contributed by atoms with Gasteiger partial charge in [0.2, 0.25) is 0 Å². The van der Waals surface area contributed by atoms with Crippen molar-refractivity contribution in [2.45, 2.75) is 354 Å². The third-order valence-electron chi connectivity index (χ3n) is 31.0. The summed E-state index contributed by atoms with van der Waals surface area (Å²) < 4.78 is 24.9. The quantitative estimate of drug-likeness (QED) is 0.00832. The molecule has 0 radical (unpaired) electrons. The molecule has 6 aliphatic heterocycles. The molecule has 146 heavy (non-hydrogen) atoms. The van der Waals surface area contributed by atoms with E-state index in [4.69, 9.17) is 29.8 Å². The predicted molar refractivity (Wildman–Crippen MR) is 603 cm³/mol. The van der Waals surface area contributed by atoms with Crippen LogP contribution in [0.25, 0.3) is 0 Å². The number of carbonyl (C=O) groups is 4. The van der Waals surface area contributed by atoms with E-state index in [0.717, 1.165) is 133 Å². The molecular formula is C108H159Br3I2N20O13. The second kappa shape index (κ2) is 59.7. The SMILES string of the molecule is CC(=O)c1cc(Br)cnc1N1CC[C@@H](NC2CCCCC2)[C@H](O)C1.COC(=O)c1cc(C)cnc1N1CC[C@@H](NC2CCCCC2)[C@H](O)C1.COC(=O)c1cc(I)cnc1N1CCC(NC2CCCCC2)C(O)C1.COC(=O)c1cc(I)cnc1N1CCC(NC2CCCCC2)C(OC)C1.N=Cc1cc(Br)cnc1N1CCC(NC2CCCCC2)C(O)C1.N=Cc1cc(Br)cnc1N1CCC(NC2CCCCC2)C(O)C1. The molecule has 804 valence electrons. The highest BCUT2D eigenvalue weighted by molar-refractivity contribution is 14.1. The Morgan fingerprint density at radius 3 is 0.842 bits per heavy atom. The van der Waals surface area contributed by atoms with Crippen LogP contribution in [0.4, 0.5) is 34.9 Å². The number of carbonyl (C=O) groups excluding carboxylic acids is 4. The fourth-order valence-electron chi connectivity index (χ4n) is 23.1. The fraction of sp³-hybridized carbons (Fsp3) is 0.667. The van der Waals surface area contributed by atoms with Gasteiger partial charge in [-0.25, -0.2) is 44.3 Å². The Hall–Kier alpha value is -6.46. The summed E-state index contributed by atoms with van der Waals surface area (Å²) in [4.78, 5) is 87.3. The van der Waals surface area contributed by atoms with E-state index >= 15 is 0 Å². The van der Waals surface area contributed by atoms with Crippen molar-refractivity contribution in [3.8, 4) is 0 Å². The van der Waals surface area contributed by atoms with Gasteiger partial charge in [-0.3, -0.25) is 4.79 Å². The van der Waals surface area contributed by atoms with E-state index in [1.54, 1.807) is 63.3 Å². The Kier molecular flexibility index (Phi) is 47.7. The van der Waals surface area contributed by atoms with Gasteiger partial charge >= 0.3 is 17.9 Å². The minimum Gasteiger partial charge on any atom is -0.465 e. The van der Waals surface area contributed by atoms with Gasteiger partial charge in [-0.2, -0.15) is 0 Å². The van der Waals surface area contributed by atoms with Crippen molar-refractivity contribution in [1.82, 2.24) is 61.8 Å². The lowest BCUT2D eigenvalue weighted by atomic mass is 9.92. The Labute approximate surface area is 916 Å². The second-order valence-electron chi connectivity index (χ2n) is 41.6. The van der Waals surface area contributed by atoms with Crippen molar-refractivity contribution >= 4 is 164 Å². The van der Waals surface area contributed by atoms with Crippen molar-refractivity contribution < 1.29 is 63.7 Å². The van der Waals surface area contributed by atoms with Crippen LogP contribution < -0.4 is 61.3 Å². The molecule has 12 aliphatic rings. The summed E-state index contributed by atoms with van der Waals surface area (Å²) in [5.41, 5.74) is 4.53.